The van der Waals surface area contributed by atoms with E-state index in [9.17, 15) is 0 Å². The van der Waals surface area contributed by atoms with Gasteiger partial charge in [0.2, 0.25) is 0 Å². The van der Waals surface area contributed by atoms with Gasteiger partial charge in [-0.15, -0.1) is 0 Å². The number of allylic oxidation sites excluding steroid dienone is 4. The van der Waals surface area contributed by atoms with Crippen LogP contribution in [0.4, 0.5) is 0 Å². The molecule has 1 aromatic rings. The van der Waals surface area contributed by atoms with Crippen molar-refractivity contribution in [3.8, 4) is 0 Å². The van der Waals surface area contributed by atoms with Gasteiger partial charge in [0.25, 0.3) is 0 Å². The van der Waals surface area contributed by atoms with Crippen LogP contribution < -0.4 is 10.4 Å². The predicted molar refractivity (Wildman–Crippen MR) is 69.5 cm³/mol. The summed E-state index contributed by atoms with van der Waals surface area (Å²) in [6.07, 6.45) is 6.50. The Morgan fingerprint density at radius 2 is 1.88 bits per heavy atom. The highest BCUT2D eigenvalue weighted by molar-refractivity contribution is 6.20. The minimum absolute atomic E-state index is 0.308. The molecule has 16 heavy (non-hydrogen) atoms. The zero-order valence-electron chi connectivity index (χ0n) is 9.62. The topological polar surface area (TPSA) is 0 Å². The van der Waals surface area contributed by atoms with E-state index in [0.29, 0.717) is 0 Å². The fourth-order valence-corrected chi connectivity index (χ4v) is 2.41. The van der Waals surface area contributed by atoms with Crippen molar-refractivity contribution in [3.05, 3.63) is 58.0 Å². The third kappa shape index (κ3) is 1.18. The number of hydrogen-bond donors (Lipinski definition) is 0. The first-order chi connectivity index (χ1) is 7.59. The molecule has 0 aliphatic heterocycles. The molecular formula is C15H13B. The average Bonchev–Trinajstić information content (AvgIpc) is 2.63. The zero-order valence-corrected chi connectivity index (χ0v) is 9.62. The Labute approximate surface area is 97.1 Å². The first-order valence-electron chi connectivity index (χ1n) is 5.60. The lowest BCUT2D eigenvalue weighted by atomic mass is 9.62. The van der Waals surface area contributed by atoms with Crippen LogP contribution in [0, 0.1) is 0 Å². The van der Waals surface area contributed by atoms with Crippen LogP contribution in [-0.4, -0.2) is 7.85 Å². The quantitative estimate of drug-likeness (QED) is 0.566. The van der Waals surface area contributed by atoms with Crippen molar-refractivity contribution >= 4 is 19.5 Å². The molecule has 0 heterocycles. The van der Waals surface area contributed by atoms with Gasteiger partial charge in [-0.05, 0) is 39.9 Å². The van der Waals surface area contributed by atoms with Gasteiger partial charge in [0.05, 0.1) is 7.85 Å². The van der Waals surface area contributed by atoms with Crippen LogP contribution in [0.3, 0.4) is 0 Å². The number of fused-ring (bicyclic) bond motifs is 2. The number of hydrogen-bond acceptors (Lipinski definition) is 0. The van der Waals surface area contributed by atoms with E-state index in [1.807, 2.05) is 0 Å². The van der Waals surface area contributed by atoms with E-state index in [1.165, 1.54) is 27.2 Å². The van der Waals surface area contributed by atoms with Crippen LogP contribution in [0.15, 0.2) is 47.6 Å². The molecule has 1 heteroatoms. The molecule has 2 aliphatic carbocycles. The molecule has 2 radical (unpaired) electrons. The lowest BCUT2D eigenvalue weighted by molar-refractivity contribution is 0.878. The molecule has 0 saturated carbocycles. The second kappa shape index (κ2) is 3.01. The molecule has 1 atom stereocenters. The molecule has 2 aliphatic rings. The minimum Gasteiger partial charge on any atom is -0.0828 e. The monoisotopic (exact) mass is 204 g/mol. The third-order valence-corrected chi connectivity index (χ3v) is 3.65. The first kappa shape index (κ1) is 9.71. The van der Waals surface area contributed by atoms with E-state index < -0.39 is 0 Å². The molecule has 0 aromatic heterocycles. The van der Waals surface area contributed by atoms with Crippen molar-refractivity contribution in [2.45, 2.75) is 19.2 Å². The van der Waals surface area contributed by atoms with E-state index in [0.717, 1.165) is 0 Å². The van der Waals surface area contributed by atoms with Crippen molar-refractivity contribution in [1.29, 1.82) is 0 Å². The van der Waals surface area contributed by atoms with Crippen LogP contribution >= 0.6 is 0 Å². The number of benzene rings is 1. The average molecular weight is 204 g/mol. The highest BCUT2D eigenvalue weighted by Crippen LogP contribution is 2.42. The summed E-state index contributed by atoms with van der Waals surface area (Å²) in [5.74, 6) is 0. The van der Waals surface area contributed by atoms with Crippen molar-refractivity contribution in [1.82, 2.24) is 0 Å². The van der Waals surface area contributed by atoms with Gasteiger partial charge < -0.3 is 0 Å². The van der Waals surface area contributed by atoms with Crippen LogP contribution in [0.25, 0.3) is 11.6 Å². The second-order valence-corrected chi connectivity index (χ2v) is 4.80. The Kier molecular flexibility index (Phi) is 1.82. The van der Waals surface area contributed by atoms with Gasteiger partial charge in [-0.1, -0.05) is 48.9 Å². The summed E-state index contributed by atoms with van der Waals surface area (Å²) in [6.45, 7) is 4.18. The summed E-state index contributed by atoms with van der Waals surface area (Å²) in [5, 5.41) is 2.31. The van der Waals surface area contributed by atoms with Crippen LogP contribution in [-0.2, 0) is 0 Å². The fourth-order valence-electron chi connectivity index (χ4n) is 2.41. The van der Waals surface area contributed by atoms with Gasteiger partial charge >= 0.3 is 0 Å². The summed E-state index contributed by atoms with van der Waals surface area (Å²) in [7, 11) is 6.23. The molecule has 76 valence electrons. The van der Waals surface area contributed by atoms with Crippen molar-refractivity contribution in [2.24, 2.45) is 0 Å². The minimum atomic E-state index is -0.308. The Balaban J connectivity index is 2.42. The van der Waals surface area contributed by atoms with E-state index >= 15 is 0 Å². The van der Waals surface area contributed by atoms with Gasteiger partial charge in [0.1, 0.15) is 0 Å². The molecular weight excluding hydrogens is 191 g/mol. The maximum atomic E-state index is 6.23. The van der Waals surface area contributed by atoms with Crippen LogP contribution in [0.2, 0.25) is 5.31 Å². The van der Waals surface area contributed by atoms with E-state index in [4.69, 9.17) is 7.85 Å². The summed E-state index contributed by atoms with van der Waals surface area (Å²) in [5.41, 5.74) is 3.87. The standard InChI is InChI=1S/C15H13B/c1-10-14-9-11-5-3-4-6-12(11)13(14)7-8-15(10,2)16/h3-9H,1-2H3. The van der Waals surface area contributed by atoms with Crippen molar-refractivity contribution < 1.29 is 0 Å². The van der Waals surface area contributed by atoms with Crippen LogP contribution in [0.1, 0.15) is 13.8 Å². The summed E-state index contributed by atoms with van der Waals surface area (Å²) >= 11 is 0. The molecule has 0 N–H and O–H groups in total. The second-order valence-electron chi connectivity index (χ2n) is 4.80. The normalized spacial score (nSPS) is 26.5. The molecule has 0 nitrogen and oxygen atoms in total. The van der Waals surface area contributed by atoms with E-state index in [1.54, 1.807) is 0 Å². The molecule has 3 rings (SSSR count). The largest absolute Gasteiger partial charge is 0.0858 e. The molecule has 1 aromatic carbocycles. The fraction of sp³-hybridized carbons (Fsp3) is 0.200. The smallest absolute Gasteiger partial charge is 0.0828 e. The Morgan fingerprint density at radius 1 is 1.12 bits per heavy atom. The van der Waals surface area contributed by atoms with E-state index in [-0.39, 0.29) is 5.31 Å². The highest BCUT2D eigenvalue weighted by Gasteiger charge is 2.25. The summed E-state index contributed by atoms with van der Waals surface area (Å²) in [4.78, 5) is 0. The third-order valence-electron chi connectivity index (χ3n) is 3.65. The molecule has 0 fully saturated rings. The van der Waals surface area contributed by atoms with E-state index in [2.05, 4.69) is 56.3 Å². The summed E-state index contributed by atoms with van der Waals surface area (Å²) < 4.78 is 0. The van der Waals surface area contributed by atoms with Crippen LogP contribution in [0.5, 0.6) is 0 Å². The Morgan fingerprint density at radius 3 is 2.69 bits per heavy atom. The van der Waals surface area contributed by atoms with Crippen molar-refractivity contribution in [3.63, 3.8) is 0 Å². The maximum Gasteiger partial charge on any atom is 0.0858 e. The molecule has 0 amide bonds. The molecule has 0 saturated heterocycles. The zero-order chi connectivity index (χ0) is 11.3. The molecule has 0 bridgehead atoms. The predicted octanol–water partition coefficient (Wildman–Crippen LogP) is 1.86. The Bertz CT molecular complexity index is 642. The highest BCUT2D eigenvalue weighted by atomic mass is 14.3. The Hall–Kier alpha value is -1.50. The first-order valence-corrected chi connectivity index (χ1v) is 5.60. The SMILES string of the molecule is [B]C1(C)C=CC2=c3ccccc3=CC2=C1C. The van der Waals surface area contributed by atoms with Gasteiger partial charge in [-0.25, -0.2) is 0 Å². The molecule has 1 unspecified atom stereocenters. The van der Waals surface area contributed by atoms with Gasteiger partial charge in [0, 0.05) is 0 Å². The lowest BCUT2D eigenvalue weighted by Crippen LogP contribution is -2.21. The molecule has 0 spiro atoms. The lowest BCUT2D eigenvalue weighted by Gasteiger charge is -2.28. The maximum absolute atomic E-state index is 6.23. The van der Waals surface area contributed by atoms with Gasteiger partial charge in [-0.2, -0.15) is 0 Å². The van der Waals surface area contributed by atoms with Gasteiger partial charge in [0.15, 0.2) is 0 Å². The van der Waals surface area contributed by atoms with Crippen molar-refractivity contribution in [2.75, 3.05) is 0 Å². The summed E-state index contributed by atoms with van der Waals surface area (Å²) in [6, 6.07) is 8.49. The number of rotatable bonds is 0. The van der Waals surface area contributed by atoms with Gasteiger partial charge in [-0.3, -0.25) is 0 Å².